The molecule has 1 fully saturated rings. The van der Waals surface area contributed by atoms with Gasteiger partial charge in [0.1, 0.15) is 0 Å². The van der Waals surface area contributed by atoms with Crippen molar-refractivity contribution in [3.05, 3.63) is 35.4 Å². The van der Waals surface area contributed by atoms with Gasteiger partial charge in [0, 0.05) is 31.1 Å². The zero-order valence-electron chi connectivity index (χ0n) is 12.1. The highest BCUT2D eigenvalue weighted by Crippen LogP contribution is 2.35. The number of hydrogen-bond acceptors (Lipinski definition) is 2. The Morgan fingerprint density at radius 2 is 2.25 bits per heavy atom. The van der Waals surface area contributed by atoms with Crippen molar-refractivity contribution in [1.82, 2.24) is 4.90 Å². The van der Waals surface area contributed by atoms with Crippen LogP contribution in [0.1, 0.15) is 35.7 Å². The van der Waals surface area contributed by atoms with Gasteiger partial charge >= 0.3 is 0 Å². The van der Waals surface area contributed by atoms with Crippen LogP contribution in [0.25, 0.3) is 0 Å². The lowest BCUT2D eigenvalue weighted by molar-refractivity contribution is 0.0594. The number of rotatable bonds is 7. The number of amides is 1. The number of hydrogen-bond donors (Lipinski definition) is 0. The van der Waals surface area contributed by atoms with Crippen molar-refractivity contribution >= 4 is 17.5 Å². The highest BCUT2D eigenvalue weighted by Gasteiger charge is 2.34. The summed E-state index contributed by atoms with van der Waals surface area (Å²) in [5.41, 5.74) is 1.69. The van der Waals surface area contributed by atoms with Crippen molar-refractivity contribution in [2.75, 3.05) is 20.3 Å². The normalized spacial score (nSPS) is 15.9. The van der Waals surface area contributed by atoms with Gasteiger partial charge in [-0.25, -0.2) is 0 Å². The molecule has 1 atom stereocenters. The van der Waals surface area contributed by atoms with E-state index in [0.29, 0.717) is 30.5 Å². The summed E-state index contributed by atoms with van der Waals surface area (Å²) in [7, 11) is 1.67. The highest BCUT2D eigenvalue weighted by atomic mass is 35.5. The van der Waals surface area contributed by atoms with Gasteiger partial charge in [0.05, 0.1) is 6.61 Å². The molecule has 0 aliphatic heterocycles. The summed E-state index contributed by atoms with van der Waals surface area (Å²) in [5.74, 6) is 1.15. The maximum atomic E-state index is 12.7. The number of halogens is 1. The van der Waals surface area contributed by atoms with E-state index in [1.54, 1.807) is 7.11 Å². The van der Waals surface area contributed by atoms with Gasteiger partial charge in [-0.05, 0) is 43.4 Å². The molecule has 0 radical (unpaired) electrons. The molecule has 0 bridgehead atoms. The lowest BCUT2D eigenvalue weighted by Crippen LogP contribution is -2.42. The minimum atomic E-state index is 0.0772. The van der Waals surface area contributed by atoms with Crippen LogP contribution in [0.2, 0.25) is 0 Å². The molecule has 1 amide bonds. The van der Waals surface area contributed by atoms with Gasteiger partial charge in [-0.3, -0.25) is 4.79 Å². The average molecular weight is 296 g/mol. The maximum Gasteiger partial charge on any atom is 0.254 e. The Labute approximate surface area is 125 Å². The first-order chi connectivity index (χ1) is 9.67. The van der Waals surface area contributed by atoms with Gasteiger partial charge in [-0.1, -0.05) is 12.1 Å². The van der Waals surface area contributed by atoms with Crippen LogP contribution in [0.5, 0.6) is 0 Å². The molecular weight excluding hydrogens is 274 g/mol. The molecule has 1 aromatic carbocycles. The zero-order valence-corrected chi connectivity index (χ0v) is 12.9. The number of methoxy groups -OCH3 is 1. The number of ether oxygens (including phenoxy) is 1. The van der Waals surface area contributed by atoms with E-state index in [0.717, 1.165) is 5.56 Å². The van der Waals surface area contributed by atoms with E-state index < -0.39 is 0 Å². The van der Waals surface area contributed by atoms with E-state index in [2.05, 4.69) is 6.92 Å². The molecule has 0 aromatic heterocycles. The molecule has 110 valence electrons. The topological polar surface area (TPSA) is 29.5 Å². The number of carbonyl (C=O) groups is 1. The highest BCUT2D eigenvalue weighted by molar-refractivity contribution is 6.17. The van der Waals surface area contributed by atoms with E-state index in [1.807, 2.05) is 29.2 Å². The molecule has 2 rings (SSSR count). The first-order valence-corrected chi connectivity index (χ1v) is 7.65. The first kappa shape index (κ1) is 15.3. The maximum absolute atomic E-state index is 12.7. The molecule has 0 N–H and O–H groups in total. The number of carbonyl (C=O) groups excluding carboxylic acids is 1. The Kier molecular flexibility index (Phi) is 5.44. The Balaban J connectivity index is 2.15. The van der Waals surface area contributed by atoms with Gasteiger partial charge in [0.15, 0.2) is 0 Å². The average Bonchev–Trinajstić information content (AvgIpc) is 3.32. The first-order valence-electron chi connectivity index (χ1n) is 7.12. The Morgan fingerprint density at radius 3 is 2.85 bits per heavy atom. The molecule has 1 aliphatic carbocycles. The predicted octanol–water partition coefficient (Wildman–Crippen LogP) is 3.31. The zero-order chi connectivity index (χ0) is 14.5. The minimum Gasteiger partial charge on any atom is -0.383 e. The quantitative estimate of drug-likeness (QED) is 0.722. The summed E-state index contributed by atoms with van der Waals surface area (Å²) >= 11 is 5.84. The number of alkyl halides is 1. The van der Waals surface area contributed by atoms with E-state index in [4.69, 9.17) is 16.3 Å². The van der Waals surface area contributed by atoms with Gasteiger partial charge < -0.3 is 9.64 Å². The van der Waals surface area contributed by atoms with E-state index >= 15 is 0 Å². The second-order valence-electron chi connectivity index (χ2n) is 5.40. The van der Waals surface area contributed by atoms with Crippen LogP contribution in [0.15, 0.2) is 24.3 Å². The summed E-state index contributed by atoms with van der Waals surface area (Å²) in [6, 6.07) is 7.85. The summed E-state index contributed by atoms with van der Waals surface area (Å²) < 4.78 is 5.14. The van der Waals surface area contributed by atoms with Crippen LogP contribution < -0.4 is 0 Å². The molecule has 0 heterocycles. The number of nitrogens with zero attached hydrogens (tertiary/aromatic N) is 1. The smallest absolute Gasteiger partial charge is 0.254 e. The Hall–Kier alpha value is -1.06. The van der Waals surface area contributed by atoms with Gasteiger partial charge in [0.2, 0.25) is 0 Å². The lowest BCUT2D eigenvalue weighted by atomic mass is 10.1. The summed E-state index contributed by atoms with van der Waals surface area (Å²) in [4.78, 5) is 14.7. The summed E-state index contributed by atoms with van der Waals surface area (Å²) in [6.45, 7) is 3.34. The van der Waals surface area contributed by atoms with Crippen molar-refractivity contribution in [1.29, 1.82) is 0 Å². The molecule has 20 heavy (non-hydrogen) atoms. The van der Waals surface area contributed by atoms with E-state index in [-0.39, 0.29) is 11.9 Å². The van der Waals surface area contributed by atoms with E-state index in [9.17, 15) is 4.79 Å². The summed E-state index contributed by atoms with van der Waals surface area (Å²) in [6.07, 6.45) is 2.44. The van der Waals surface area contributed by atoms with Crippen molar-refractivity contribution in [3.8, 4) is 0 Å². The van der Waals surface area contributed by atoms with Crippen molar-refractivity contribution in [3.63, 3.8) is 0 Å². The number of benzene rings is 1. The fraction of sp³-hybridized carbons (Fsp3) is 0.562. The Bertz CT molecular complexity index is 460. The van der Waals surface area contributed by atoms with E-state index in [1.165, 1.54) is 12.8 Å². The van der Waals surface area contributed by atoms with Crippen LogP contribution in [0, 0.1) is 5.92 Å². The molecule has 4 heteroatoms. The third-order valence-electron chi connectivity index (χ3n) is 3.92. The largest absolute Gasteiger partial charge is 0.383 e. The molecule has 0 spiro atoms. The summed E-state index contributed by atoms with van der Waals surface area (Å²) in [5, 5.41) is 0. The SMILES string of the molecule is COCCN(C(=O)c1cccc(CCl)c1)C(C)C1CC1. The molecule has 1 saturated carbocycles. The molecule has 1 aromatic rings. The van der Waals surface area contributed by atoms with Crippen molar-refractivity contribution in [2.45, 2.75) is 31.7 Å². The Morgan fingerprint density at radius 1 is 1.50 bits per heavy atom. The van der Waals surface area contributed by atoms with Crippen LogP contribution in [0.4, 0.5) is 0 Å². The molecule has 1 aliphatic rings. The van der Waals surface area contributed by atoms with Gasteiger partial charge in [0.25, 0.3) is 5.91 Å². The fourth-order valence-corrected chi connectivity index (χ4v) is 2.63. The second-order valence-corrected chi connectivity index (χ2v) is 5.67. The minimum absolute atomic E-state index is 0.0772. The third kappa shape index (κ3) is 3.74. The second kappa shape index (κ2) is 7.09. The monoisotopic (exact) mass is 295 g/mol. The molecule has 3 nitrogen and oxygen atoms in total. The van der Waals surface area contributed by atoms with Crippen LogP contribution in [0.3, 0.4) is 0 Å². The third-order valence-corrected chi connectivity index (χ3v) is 4.23. The predicted molar refractivity (Wildman–Crippen MR) is 81.1 cm³/mol. The van der Waals surface area contributed by atoms with Gasteiger partial charge in [-0.15, -0.1) is 11.6 Å². The van der Waals surface area contributed by atoms with Crippen molar-refractivity contribution in [2.24, 2.45) is 5.92 Å². The van der Waals surface area contributed by atoms with Gasteiger partial charge in [-0.2, -0.15) is 0 Å². The molecule has 0 saturated heterocycles. The van der Waals surface area contributed by atoms with Crippen molar-refractivity contribution < 1.29 is 9.53 Å². The fourth-order valence-electron chi connectivity index (χ4n) is 2.47. The lowest BCUT2D eigenvalue weighted by Gasteiger charge is -2.29. The van der Waals surface area contributed by atoms with Crippen LogP contribution >= 0.6 is 11.6 Å². The van der Waals surface area contributed by atoms with Crippen LogP contribution in [-0.4, -0.2) is 37.1 Å². The standard InChI is InChI=1S/C16H22ClNO2/c1-12(14-6-7-14)18(8-9-20-2)16(19)15-5-3-4-13(10-15)11-17/h3-5,10,12,14H,6-9,11H2,1-2H3. The van der Waals surface area contributed by atoms with Crippen LogP contribution in [-0.2, 0) is 10.6 Å². The molecule has 1 unspecified atom stereocenters. The molecular formula is C16H22ClNO2.